The van der Waals surface area contributed by atoms with Crippen molar-refractivity contribution in [1.29, 1.82) is 0 Å². The molecule has 0 saturated heterocycles. The molecule has 2 N–H and O–H groups in total. The van der Waals surface area contributed by atoms with E-state index < -0.39 is 9.84 Å². The molecule has 0 atom stereocenters. The van der Waals surface area contributed by atoms with Crippen molar-refractivity contribution in [3.63, 3.8) is 0 Å². The van der Waals surface area contributed by atoms with Crippen molar-refractivity contribution in [3.8, 4) is 11.4 Å². The topological polar surface area (TPSA) is 116 Å². The first-order valence-electron chi connectivity index (χ1n) is 5.71. The maximum Gasteiger partial charge on any atom is 0.258 e. The number of sulfone groups is 1. The number of nitrogen functional groups attached to an aromatic ring is 1. The number of rotatable bonds is 2. The van der Waals surface area contributed by atoms with Crippen molar-refractivity contribution in [3.05, 3.63) is 28.7 Å². The number of nitrogens with two attached hydrogens (primary N) is 1. The van der Waals surface area contributed by atoms with Gasteiger partial charge in [-0.1, -0.05) is 28.1 Å². The molecular weight excluding hydrogens is 360 g/mol. The summed E-state index contributed by atoms with van der Waals surface area (Å²) in [5.41, 5.74) is 6.46. The van der Waals surface area contributed by atoms with Crippen LogP contribution in [-0.4, -0.2) is 39.2 Å². The summed E-state index contributed by atoms with van der Waals surface area (Å²) in [6, 6.07) is 7.36. The fourth-order valence-corrected chi connectivity index (χ4v) is 2.68. The van der Waals surface area contributed by atoms with Crippen LogP contribution in [0, 0.1) is 0 Å². The van der Waals surface area contributed by atoms with Gasteiger partial charge in [-0.3, -0.25) is 0 Å². The molecule has 0 spiro atoms. The van der Waals surface area contributed by atoms with Crippen molar-refractivity contribution in [1.82, 2.24) is 24.6 Å². The fraction of sp³-hybridized carbons (Fsp3) is 0.0909. The summed E-state index contributed by atoms with van der Waals surface area (Å²) in [6.45, 7) is 0. The fourth-order valence-electron chi connectivity index (χ4n) is 1.71. The summed E-state index contributed by atoms with van der Waals surface area (Å²) in [7, 11) is -3.57. The van der Waals surface area contributed by atoms with Gasteiger partial charge in [0.2, 0.25) is 15.8 Å². The highest BCUT2D eigenvalue weighted by atomic mass is 79.9. The third-order valence-corrected chi connectivity index (χ3v) is 4.20. The molecule has 0 fully saturated rings. The molecular formula is C11H9BrN6O2S. The van der Waals surface area contributed by atoms with Crippen LogP contribution < -0.4 is 5.73 Å². The lowest BCUT2D eigenvalue weighted by Crippen LogP contribution is -2.11. The van der Waals surface area contributed by atoms with E-state index in [1.54, 1.807) is 0 Å². The summed E-state index contributed by atoms with van der Waals surface area (Å²) in [4.78, 5) is 11.8. The second-order valence-electron chi connectivity index (χ2n) is 4.26. The Morgan fingerprint density at radius 2 is 1.90 bits per heavy atom. The minimum Gasteiger partial charge on any atom is -0.368 e. The van der Waals surface area contributed by atoms with E-state index in [0.29, 0.717) is 5.82 Å². The van der Waals surface area contributed by atoms with Crippen LogP contribution in [0.3, 0.4) is 0 Å². The van der Waals surface area contributed by atoms with E-state index in [1.807, 2.05) is 24.3 Å². The standard InChI is InChI=1S/C11H9BrN6O2S/c1-21(19,20)11-15-9(13)18-10(16-11)14-8(17-18)6-4-2-3-5-7(6)12/h2-5H,1H3,(H2,13,14,15,16,17). The zero-order valence-corrected chi connectivity index (χ0v) is 13.1. The minimum atomic E-state index is -3.57. The molecule has 10 heteroatoms. The Kier molecular flexibility index (Phi) is 3.14. The number of fused-ring (bicyclic) bond motifs is 1. The van der Waals surface area contributed by atoms with Gasteiger partial charge in [-0.2, -0.15) is 19.5 Å². The van der Waals surface area contributed by atoms with Crippen LogP contribution in [0.15, 0.2) is 33.9 Å². The lowest BCUT2D eigenvalue weighted by molar-refractivity contribution is 0.592. The highest BCUT2D eigenvalue weighted by Crippen LogP contribution is 2.25. The van der Waals surface area contributed by atoms with Gasteiger partial charge in [-0.05, 0) is 12.1 Å². The molecule has 3 aromatic rings. The second kappa shape index (κ2) is 4.74. The van der Waals surface area contributed by atoms with E-state index in [1.165, 1.54) is 4.52 Å². The number of benzene rings is 1. The van der Waals surface area contributed by atoms with Crippen LogP contribution >= 0.6 is 15.9 Å². The number of anilines is 1. The van der Waals surface area contributed by atoms with E-state index in [0.717, 1.165) is 16.3 Å². The van der Waals surface area contributed by atoms with Crippen LogP contribution in [0.1, 0.15) is 0 Å². The van der Waals surface area contributed by atoms with E-state index >= 15 is 0 Å². The van der Waals surface area contributed by atoms with Gasteiger partial charge in [0.1, 0.15) is 0 Å². The van der Waals surface area contributed by atoms with Gasteiger partial charge in [0.05, 0.1) is 0 Å². The van der Waals surface area contributed by atoms with Crippen molar-refractivity contribution in [2.24, 2.45) is 0 Å². The van der Waals surface area contributed by atoms with Crippen LogP contribution in [0.25, 0.3) is 17.2 Å². The zero-order chi connectivity index (χ0) is 15.2. The van der Waals surface area contributed by atoms with Crippen LogP contribution in [-0.2, 0) is 9.84 Å². The Labute approximate surface area is 128 Å². The molecule has 0 bridgehead atoms. The van der Waals surface area contributed by atoms with E-state index in [-0.39, 0.29) is 16.9 Å². The SMILES string of the molecule is CS(=O)(=O)c1nc(N)n2nc(-c3ccccc3Br)nc2n1. The summed E-state index contributed by atoms with van der Waals surface area (Å²) >= 11 is 3.40. The number of hydrogen-bond donors (Lipinski definition) is 1. The van der Waals surface area contributed by atoms with E-state index in [9.17, 15) is 8.42 Å². The molecule has 0 radical (unpaired) electrons. The Morgan fingerprint density at radius 3 is 2.57 bits per heavy atom. The molecule has 0 unspecified atom stereocenters. The molecule has 0 amide bonds. The van der Waals surface area contributed by atoms with Crippen molar-refractivity contribution in [2.75, 3.05) is 12.0 Å². The lowest BCUT2D eigenvalue weighted by atomic mass is 10.2. The van der Waals surface area contributed by atoms with Crippen LogP contribution in [0.5, 0.6) is 0 Å². The highest BCUT2D eigenvalue weighted by Gasteiger charge is 2.18. The van der Waals surface area contributed by atoms with E-state index in [4.69, 9.17) is 5.73 Å². The minimum absolute atomic E-state index is 0.0775. The predicted octanol–water partition coefficient (Wildman–Crippen LogP) is 0.934. The maximum absolute atomic E-state index is 11.5. The Bertz CT molecular complexity index is 953. The van der Waals surface area contributed by atoms with Crippen molar-refractivity contribution >= 4 is 37.5 Å². The molecule has 3 rings (SSSR count). The lowest BCUT2D eigenvalue weighted by Gasteiger charge is -1.99. The molecule has 8 nitrogen and oxygen atoms in total. The van der Waals surface area contributed by atoms with Crippen LogP contribution in [0.4, 0.5) is 5.95 Å². The molecule has 0 aliphatic rings. The summed E-state index contributed by atoms with van der Waals surface area (Å²) in [5.74, 6) is 0.356. The third-order valence-electron chi connectivity index (χ3n) is 2.66. The summed E-state index contributed by atoms with van der Waals surface area (Å²) < 4.78 is 25.0. The Hall–Kier alpha value is -2.07. The molecule has 2 heterocycles. The Morgan fingerprint density at radius 1 is 1.19 bits per heavy atom. The average molecular weight is 369 g/mol. The van der Waals surface area contributed by atoms with E-state index in [2.05, 4.69) is 36.0 Å². The molecule has 21 heavy (non-hydrogen) atoms. The first kappa shape index (κ1) is 13.9. The monoisotopic (exact) mass is 368 g/mol. The normalized spacial score (nSPS) is 11.9. The number of halogens is 1. The van der Waals surface area contributed by atoms with Gasteiger partial charge in [-0.15, -0.1) is 5.10 Å². The van der Waals surface area contributed by atoms with Gasteiger partial charge in [0.15, 0.2) is 5.82 Å². The molecule has 0 aliphatic carbocycles. The first-order chi connectivity index (χ1) is 9.86. The maximum atomic E-state index is 11.5. The van der Waals surface area contributed by atoms with Gasteiger partial charge < -0.3 is 5.73 Å². The summed E-state index contributed by atoms with van der Waals surface area (Å²) in [5, 5.41) is 3.82. The van der Waals surface area contributed by atoms with Gasteiger partial charge in [-0.25, -0.2) is 8.42 Å². The smallest absolute Gasteiger partial charge is 0.258 e. The van der Waals surface area contributed by atoms with Gasteiger partial charge in [0, 0.05) is 16.3 Å². The summed E-state index contributed by atoms with van der Waals surface area (Å²) in [6.07, 6.45) is 1.00. The number of hydrogen-bond acceptors (Lipinski definition) is 7. The molecule has 0 saturated carbocycles. The molecule has 108 valence electrons. The third kappa shape index (κ3) is 2.47. The zero-order valence-electron chi connectivity index (χ0n) is 10.7. The largest absolute Gasteiger partial charge is 0.368 e. The highest BCUT2D eigenvalue weighted by molar-refractivity contribution is 9.10. The van der Waals surface area contributed by atoms with Gasteiger partial charge in [0.25, 0.3) is 10.9 Å². The molecule has 2 aromatic heterocycles. The number of aromatic nitrogens is 5. The quantitative estimate of drug-likeness (QED) is 0.714. The molecule has 0 aliphatic heterocycles. The van der Waals surface area contributed by atoms with Crippen LogP contribution in [0.2, 0.25) is 0 Å². The number of nitrogens with zero attached hydrogens (tertiary/aromatic N) is 5. The van der Waals surface area contributed by atoms with Crippen molar-refractivity contribution < 1.29 is 8.42 Å². The average Bonchev–Trinajstić information content (AvgIpc) is 2.82. The Balaban J connectivity index is 2.26. The van der Waals surface area contributed by atoms with Gasteiger partial charge >= 0.3 is 0 Å². The predicted molar refractivity (Wildman–Crippen MR) is 79.2 cm³/mol. The second-order valence-corrected chi connectivity index (χ2v) is 7.03. The molecule has 1 aromatic carbocycles. The van der Waals surface area contributed by atoms with Crippen molar-refractivity contribution in [2.45, 2.75) is 5.16 Å². The first-order valence-corrected chi connectivity index (χ1v) is 8.40.